The molecule has 1 saturated carbocycles. The molecule has 1 saturated heterocycles. The molecule has 0 bridgehead atoms. The monoisotopic (exact) mass is 385 g/mol. The van der Waals surface area contributed by atoms with E-state index < -0.39 is 0 Å². The van der Waals surface area contributed by atoms with Crippen molar-refractivity contribution in [2.45, 2.75) is 63.6 Å². The number of likely N-dealkylation sites (tertiary alicyclic amines) is 1. The highest BCUT2D eigenvalue weighted by Crippen LogP contribution is 2.23. The molecule has 1 atom stereocenters. The molecule has 1 amide bonds. The molecule has 1 aliphatic heterocycles. The van der Waals surface area contributed by atoms with E-state index in [0.717, 1.165) is 31.2 Å². The molecule has 1 unspecified atom stereocenters. The summed E-state index contributed by atoms with van der Waals surface area (Å²) in [5.74, 6) is 1.13. The molecule has 1 N–H and O–H groups in total. The van der Waals surface area contributed by atoms with E-state index in [9.17, 15) is 4.79 Å². The average molecular weight is 385 g/mol. The quantitative estimate of drug-likeness (QED) is 0.844. The molecule has 0 aromatic carbocycles. The lowest BCUT2D eigenvalue weighted by molar-refractivity contribution is 0.0568. The van der Waals surface area contributed by atoms with Gasteiger partial charge in [0.1, 0.15) is 6.10 Å². The van der Waals surface area contributed by atoms with Gasteiger partial charge in [-0.3, -0.25) is 4.98 Å². The average Bonchev–Trinajstić information content (AvgIpc) is 3.41. The SMILES string of the molecule is CC(NC1CCN(C(=O)OC2CCCC2)CC1)c1nc(-c2ccncc2)no1. The molecular formula is C20H27N5O3. The maximum Gasteiger partial charge on any atom is 0.410 e. The highest BCUT2D eigenvalue weighted by Gasteiger charge is 2.28. The molecule has 28 heavy (non-hydrogen) atoms. The number of hydrogen-bond donors (Lipinski definition) is 1. The van der Waals surface area contributed by atoms with Crippen LogP contribution in [-0.2, 0) is 4.74 Å². The molecular weight excluding hydrogens is 358 g/mol. The first-order valence-electron chi connectivity index (χ1n) is 10.1. The molecule has 2 fully saturated rings. The number of carbonyl (C=O) groups is 1. The lowest BCUT2D eigenvalue weighted by Crippen LogP contribution is -2.46. The zero-order valence-corrected chi connectivity index (χ0v) is 16.2. The number of nitrogens with zero attached hydrogens (tertiary/aromatic N) is 4. The number of amides is 1. The van der Waals surface area contributed by atoms with Gasteiger partial charge in [-0.2, -0.15) is 4.98 Å². The van der Waals surface area contributed by atoms with Gasteiger partial charge in [-0.05, 0) is 57.6 Å². The zero-order valence-electron chi connectivity index (χ0n) is 16.2. The Morgan fingerprint density at radius 3 is 2.64 bits per heavy atom. The molecule has 4 rings (SSSR count). The smallest absolute Gasteiger partial charge is 0.410 e. The van der Waals surface area contributed by atoms with Gasteiger partial charge in [-0.1, -0.05) is 5.16 Å². The Bertz CT molecular complexity index is 767. The Kier molecular flexibility index (Phi) is 5.85. The fourth-order valence-corrected chi connectivity index (χ4v) is 3.91. The summed E-state index contributed by atoms with van der Waals surface area (Å²) in [5, 5.41) is 7.61. The van der Waals surface area contributed by atoms with E-state index in [2.05, 4.69) is 20.4 Å². The van der Waals surface area contributed by atoms with Crippen LogP contribution in [0.4, 0.5) is 4.79 Å². The van der Waals surface area contributed by atoms with Gasteiger partial charge in [0.05, 0.1) is 6.04 Å². The number of aromatic nitrogens is 3. The molecule has 3 heterocycles. The predicted molar refractivity (Wildman–Crippen MR) is 102 cm³/mol. The molecule has 0 radical (unpaired) electrons. The van der Waals surface area contributed by atoms with Gasteiger partial charge in [0.25, 0.3) is 0 Å². The summed E-state index contributed by atoms with van der Waals surface area (Å²) in [4.78, 5) is 22.6. The van der Waals surface area contributed by atoms with E-state index in [4.69, 9.17) is 9.26 Å². The predicted octanol–water partition coefficient (Wildman–Crippen LogP) is 3.33. The summed E-state index contributed by atoms with van der Waals surface area (Å²) >= 11 is 0. The molecule has 150 valence electrons. The minimum atomic E-state index is -0.155. The van der Waals surface area contributed by atoms with Crippen molar-refractivity contribution in [1.82, 2.24) is 25.3 Å². The third-order valence-corrected chi connectivity index (χ3v) is 5.56. The summed E-state index contributed by atoms with van der Waals surface area (Å²) in [6, 6.07) is 3.96. The van der Waals surface area contributed by atoms with Crippen LogP contribution < -0.4 is 5.32 Å². The third kappa shape index (κ3) is 4.49. The fourth-order valence-electron chi connectivity index (χ4n) is 3.91. The molecule has 1 aliphatic carbocycles. The highest BCUT2D eigenvalue weighted by molar-refractivity contribution is 5.68. The highest BCUT2D eigenvalue weighted by atomic mass is 16.6. The lowest BCUT2D eigenvalue weighted by Gasteiger charge is -2.33. The van der Waals surface area contributed by atoms with Gasteiger partial charge < -0.3 is 19.5 Å². The topological polar surface area (TPSA) is 93.4 Å². The second-order valence-corrected chi connectivity index (χ2v) is 7.63. The Balaban J connectivity index is 1.25. The summed E-state index contributed by atoms with van der Waals surface area (Å²) in [5.41, 5.74) is 0.881. The normalized spacial score (nSPS) is 19.7. The summed E-state index contributed by atoms with van der Waals surface area (Å²) in [6.45, 7) is 3.44. The number of hydrogen-bond acceptors (Lipinski definition) is 7. The van der Waals surface area contributed by atoms with Crippen LogP contribution in [0.3, 0.4) is 0 Å². The van der Waals surface area contributed by atoms with Crippen molar-refractivity contribution in [1.29, 1.82) is 0 Å². The Hall–Kier alpha value is -2.48. The Labute approximate surface area is 164 Å². The van der Waals surface area contributed by atoms with E-state index in [-0.39, 0.29) is 18.2 Å². The van der Waals surface area contributed by atoms with Gasteiger partial charge in [-0.15, -0.1) is 0 Å². The Morgan fingerprint density at radius 1 is 1.21 bits per heavy atom. The molecule has 2 aliphatic rings. The van der Waals surface area contributed by atoms with Crippen LogP contribution in [-0.4, -0.2) is 51.4 Å². The molecule has 0 spiro atoms. The largest absolute Gasteiger partial charge is 0.446 e. The van der Waals surface area contributed by atoms with Gasteiger partial charge in [0.15, 0.2) is 0 Å². The van der Waals surface area contributed by atoms with Crippen molar-refractivity contribution in [3.8, 4) is 11.4 Å². The van der Waals surface area contributed by atoms with Gasteiger partial charge in [-0.25, -0.2) is 4.79 Å². The maximum absolute atomic E-state index is 12.3. The van der Waals surface area contributed by atoms with Crippen LogP contribution in [0.5, 0.6) is 0 Å². The first-order chi connectivity index (χ1) is 13.7. The molecule has 8 nitrogen and oxygen atoms in total. The van der Waals surface area contributed by atoms with E-state index in [1.54, 1.807) is 12.4 Å². The van der Waals surface area contributed by atoms with E-state index in [1.807, 2.05) is 24.0 Å². The van der Waals surface area contributed by atoms with Crippen molar-refractivity contribution in [3.05, 3.63) is 30.4 Å². The van der Waals surface area contributed by atoms with E-state index >= 15 is 0 Å². The van der Waals surface area contributed by atoms with Crippen molar-refractivity contribution in [2.75, 3.05) is 13.1 Å². The number of nitrogens with one attached hydrogen (secondary N) is 1. The number of ether oxygens (including phenoxy) is 1. The summed E-state index contributed by atoms with van der Waals surface area (Å²) < 4.78 is 11.0. The molecule has 2 aromatic heterocycles. The summed E-state index contributed by atoms with van der Waals surface area (Å²) in [6.07, 6.45) is 9.50. The number of pyridine rings is 1. The first kappa shape index (κ1) is 18.9. The summed E-state index contributed by atoms with van der Waals surface area (Å²) in [7, 11) is 0. The van der Waals surface area contributed by atoms with E-state index in [1.165, 1.54) is 12.8 Å². The first-order valence-corrected chi connectivity index (χ1v) is 10.1. The minimum absolute atomic E-state index is 0.0509. The van der Waals surface area contributed by atoms with Gasteiger partial charge in [0.2, 0.25) is 11.7 Å². The van der Waals surface area contributed by atoms with Crippen LogP contribution in [0.2, 0.25) is 0 Å². The number of carbonyl (C=O) groups excluding carboxylic acids is 1. The zero-order chi connectivity index (χ0) is 19.3. The lowest BCUT2D eigenvalue weighted by atomic mass is 10.0. The van der Waals surface area contributed by atoms with Crippen molar-refractivity contribution >= 4 is 6.09 Å². The molecule has 8 heteroatoms. The number of piperidine rings is 1. The van der Waals surface area contributed by atoms with Crippen molar-refractivity contribution < 1.29 is 14.1 Å². The van der Waals surface area contributed by atoms with Gasteiger partial charge in [0, 0.05) is 37.1 Å². The van der Waals surface area contributed by atoms with Crippen LogP contribution in [0.15, 0.2) is 29.0 Å². The Morgan fingerprint density at radius 2 is 1.93 bits per heavy atom. The standard InChI is InChI=1S/C20H27N5O3/c1-14(19-23-18(24-28-19)15-6-10-21-11-7-15)22-16-8-12-25(13-9-16)20(26)27-17-4-2-3-5-17/h6-7,10-11,14,16-17,22H,2-5,8-9,12-13H2,1H3. The van der Waals surface area contributed by atoms with Crippen molar-refractivity contribution in [2.24, 2.45) is 0 Å². The second kappa shape index (κ2) is 8.68. The van der Waals surface area contributed by atoms with Crippen LogP contribution in [0, 0.1) is 0 Å². The fraction of sp³-hybridized carbons (Fsp3) is 0.600. The number of rotatable bonds is 5. The van der Waals surface area contributed by atoms with Crippen LogP contribution in [0.1, 0.15) is 57.4 Å². The van der Waals surface area contributed by atoms with Gasteiger partial charge >= 0.3 is 6.09 Å². The van der Waals surface area contributed by atoms with Crippen molar-refractivity contribution in [3.63, 3.8) is 0 Å². The molecule has 2 aromatic rings. The van der Waals surface area contributed by atoms with E-state index in [0.29, 0.717) is 30.8 Å². The third-order valence-electron chi connectivity index (χ3n) is 5.56. The van der Waals surface area contributed by atoms with Crippen LogP contribution in [0.25, 0.3) is 11.4 Å². The minimum Gasteiger partial charge on any atom is -0.446 e. The maximum atomic E-state index is 12.3. The second-order valence-electron chi connectivity index (χ2n) is 7.63. The van der Waals surface area contributed by atoms with Crippen LogP contribution >= 0.6 is 0 Å².